The standard InChI is InChI=1S/C21H28N4O5/c1-22-8-3-9-30-14-10-13(11-14)23-17-5-2-4-15-16(17)12-25(29,21(15)28)18-6-7-19(26)24-20(18)27/h2,4-5,13-14,18,22-23H,3,6-12H2,1H3,(H,24,26,27). The number of carbonyl (C=O) groups excluding carboxylic acids is 3. The van der Waals surface area contributed by atoms with Crippen molar-refractivity contribution in [2.75, 3.05) is 25.5 Å². The Morgan fingerprint density at radius 3 is 2.80 bits per heavy atom. The topological polar surface area (TPSA) is 120 Å². The van der Waals surface area contributed by atoms with Crippen LogP contribution in [0.15, 0.2) is 18.2 Å². The molecular weight excluding hydrogens is 388 g/mol. The van der Waals surface area contributed by atoms with E-state index in [0.717, 1.165) is 38.1 Å². The summed E-state index contributed by atoms with van der Waals surface area (Å²) in [5, 5.41) is 22.2. The van der Waals surface area contributed by atoms with Crippen LogP contribution in [0.2, 0.25) is 0 Å². The number of rotatable bonds is 8. The zero-order valence-corrected chi connectivity index (χ0v) is 17.1. The van der Waals surface area contributed by atoms with Crippen molar-refractivity contribution < 1.29 is 23.8 Å². The zero-order chi connectivity index (χ0) is 21.3. The summed E-state index contributed by atoms with van der Waals surface area (Å²) in [6.45, 7) is 1.57. The highest BCUT2D eigenvalue weighted by molar-refractivity contribution is 6.02. The summed E-state index contributed by atoms with van der Waals surface area (Å²) < 4.78 is 4.58. The van der Waals surface area contributed by atoms with E-state index in [9.17, 15) is 19.6 Å². The van der Waals surface area contributed by atoms with Gasteiger partial charge in [0, 0.05) is 36.7 Å². The third-order valence-electron chi connectivity index (χ3n) is 6.24. The van der Waals surface area contributed by atoms with Crippen molar-refractivity contribution in [3.63, 3.8) is 0 Å². The van der Waals surface area contributed by atoms with Crippen molar-refractivity contribution in [2.45, 2.75) is 56.8 Å². The Bertz CT molecular complexity index is 854. The Morgan fingerprint density at radius 2 is 2.07 bits per heavy atom. The molecule has 1 saturated heterocycles. The van der Waals surface area contributed by atoms with E-state index >= 15 is 0 Å². The van der Waals surface area contributed by atoms with Crippen LogP contribution in [0.1, 0.15) is 48.0 Å². The molecule has 2 aliphatic heterocycles. The van der Waals surface area contributed by atoms with Gasteiger partial charge in [-0.3, -0.25) is 19.6 Å². The second-order valence-corrected chi connectivity index (χ2v) is 8.32. The van der Waals surface area contributed by atoms with E-state index in [4.69, 9.17) is 4.74 Å². The molecule has 30 heavy (non-hydrogen) atoms. The molecule has 1 saturated carbocycles. The van der Waals surface area contributed by atoms with Gasteiger partial charge in [-0.15, -0.1) is 0 Å². The fraction of sp³-hybridized carbons (Fsp3) is 0.571. The highest BCUT2D eigenvalue weighted by Crippen LogP contribution is 2.39. The van der Waals surface area contributed by atoms with Gasteiger partial charge in [0.1, 0.15) is 6.54 Å². The Morgan fingerprint density at radius 1 is 1.27 bits per heavy atom. The van der Waals surface area contributed by atoms with Crippen molar-refractivity contribution in [3.05, 3.63) is 34.5 Å². The van der Waals surface area contributed by atoms with Gasteiger partial charge in [-0.2, -0.15) is 0 Å². The van der Waals surface area contributed by atoms with Gasteiger partial charge in [0.15, 0.2) is 6.04 Å². The molecule has 1 aromatic carbocycles. The summed E-state index contributed by atoms with van der Waals surface area (Å²) in [4.78, 5) is 36.6. The van der Waals surface area contributed by atoms with Crippen molar-refractivity contribution in [1.29, 1.82) is 0 Å². The summed E-state index contributed by atoms with van der Waals surface area (Å²) in [6.07, 6.45) is 3.12. The molecule has 0 aromatic heterocycles. The molecule has 2 fully saturated rings. The zero-order valence-electron chi connectivity index (χ0n) is 17.1. The molecule has 162 valence electrons. The number of nitrogens with one attached hydrogen (secondary N) is 3. The largest absolute Gasteiger partial charge is 0.624 e. The van der Waals surface area contributed by atoms with E-state index in [-0.39, 0.29) is 31.5 Å². The minimum Gasteiger partial charge on any atom is -0.624 e. The van der Waals surface area contributed by atoms with Gasteiger partial charge >= 0.3 is 5.91 Å². The molecule has 0 bridgehead atoms. The maximum atomic E-state index is 13.5. The average Bonchev–Trinajstić information content (AvgIpc) is 2.95. The lowest BCUT2D eigenvalue weighted by Gasteiger charge is -2.42. The third-order valence-corrected chi connectivity index (χ3v) is 6.24. The molecule has 2 atom stereocenters. The predicted octanol–water partition coefficient (Wildman–Crippen LogP) is 1.03. The average molecular weight is 416 g/mol. The van der Waals surface area contributed by atoms with Crippen molar-refractivity contribution >= 4 is 23.4 Å². The summed E-state index contributed by atoms with van der Waals surface area (Å²) in [5.41, 5.74) is 1.78. The maximum Gasteiger partial charge on any atom is 0.347 e. The van der Waals surface area contributed by atoms with Gasteiger partial charge in [0.05, 0.1) is 11.7 Å². The number of fused-ring (bicyclic) bond motifs is 1. The maximum absolute atomic E-state index is 13.5. The second kappa shape index (κ2) is 8.43. The van der Waals surface area contributed by atoms with Crippen LogP contribution in [0.25, 0.3) is 0 Å². The fourth-order valence-corrected chi connectivity index (χ4v) is 4.47. The first-order valence-electron chi connectivity index (χ1n) is 10.5. The summed E-state index contributed by atoms with van der Waals surface area (Å²) in [5.74, 6) is -1.67. The molecule has 3 N–H and O–H groups in total. The minimum atomic E-state index is -1.25. The molecule has 1 aliphatic carbocycles. The molecule has 9 heteroatoms. The number of piperidine rings is 1. The highest BCUT2D eigenvalue weighted by Gasteiger charge is 2.50. The lowest BCUT2D eigenvalue weighted by atomic mass is 9.88. The Labute approximate surface area is 175 Å². The Balaban J connectivity index is 1.40. The lowest BCUT2D eigenvalue weighted by Crippen LogP contribution is -2.60. The number of anilines is 1. The van der Waals surface area contributed by atoms with Gasteiger partial charge in [-0.25, -0.2) is 4.79 Å². The van der Waals surface area contributed by atoms with Crippen LogP contribution in [0.5, 0.6) is 0 Å². The summed E-state index contributed by atoms with van der Waals surface area (Å²) in [7, 11) is 1.92. The number of hydrogen-bond donors (Lipinski definition) is 3. The van der Waals surface area contributed by atoms with Crippen molar-refractivity contribution in [2.24, 2.45) is 0 Å². The summed E-state index contributed by atoms with van der Waals surface area (Å²) in [6, 6.07) is 4.40. The SMILES string of the molecule is CNCCCOC1CC(Nc2cccc3c2C[N+]([O-])(C2CCC(=O)NC2=O)C3=O)C1. The second-order valence-electron chi connectivity index (χ2n) is 8.32. The van der Waals surface area contributed by atoms with Crippen LogP contribution in [-0.2, 0) is 20.9 Å². The first-order chi connectivity index (χ1) is 14.4. The van der Waals surface area contributed by atoms with E-state index in [1.54, 1.807) is 12.1 Å². The Hall–Kier alpha value is -2.33. The molecule has 0 radical (unpaired) electrons. The summed E-state index contributed by atoms with van der Waals surface area (Å²) >= 11 is 0. The van der Waals surface area contributed by atoms with Gasteiger partial charge < -0.3 is 20.6 Å². The molecule has 4 rings (SSSR count). The number of quaternary nitrogens is 1. The number of hydroxylamine groups is 3. The van der Waals surface area contributed by atoms with Crippen LogP contribution in [-0.4, -0.2) is 60.8 Å². The first kappa shape index (κ1) is 20.9. The number of hydrogen-bond acceptors (Lipinski definition) is 7. The molecule has 2 unspecified atom stereocenters. The van der Waals surface area contributed by atoms with E-state index in [1.807, 2.05) is 13.1 Å². The third kappa shape index (κ3) is 3.85. The van der Waals surface area contributed by atoms with Crippen LogP contribution in [0.4, 0.5) is 5.69 Å². The number of imide groups is 1. The number of benzene rings is 1. The van der Waals surface area contributed by atoms with Gasteiger partial charge in [0.25, 0.3) is 5.91 Å². The predicted molar refractivity (Wildman–Crippen MR) is 109 cm³/mol. The quantitative estimate of drug-likeness (QED) is 0.251. The van der Waals surface area contributed by atoms with Crippen molar-refractivity contribution in [1.82, 2.24) is 10.6 Å². The first-order valence-corrected chi connectivity index (χ1v) is 10.5. The number of amides is 3. The molecule has 3 amide bonds. The van der Waals surface area contributed by atoms with Gasteiger partial charge in [0.2, 0.25) is 5.91 Å². The van der Waals surface area contributed by atoms with E-state index in [0.29, 0.717) is 11.1 Å². The normalized spacial score (nSPS) is 30.6. The smallest absolute Gasteiger partial charge is 0.347 e. The molecule has 1 aromatic rings. The fourth-order valence-electron chi connectivity index (χ4n) is 4.47. The molecule has 2 heterocycles. The molecular formula is C21H28N4O5. The van der Waals surface area contributed by atoms with E-state index in [1.165, 1.54) is 0 Å². The van der Waals surface area contributed by atoms with E-state index in [2.05, 4.69) is 16.0 Å². The number of ether oxygens (including phenoxy) is 1. The number of carbonyl (C=O) groups is 3. The van der Waals surface area contributed by atoms with Gasteiger partial charge in [-0.1, -0.05) is 6.07 Å². The lowest BCUT2D eigenvalue weighted by molar-refractivity contribution is -0.825. The Kier molecular flexibility index (Phi) is 5.88. The molecule has 0 spiro atoms. The van der Waals surface area contributed by atoms with Crippen LogP contribution >= 0.6 is 0 Å². The van der Waals surface area contributed by atoms with Gasteiger partial charge in [-0.05, 0) is 45.0 Å². The van der Waals surface area contributed by atoms with Crippen LogP contribution in [0.3, 0.4) is 0 Å². The number of nitrogens with zero attached hydrogens (tertiary/aromatic N) is 1. The highest BCUT2D eigenvalue weighted by atomic mass is 16.6. The minimum absolute atomic E-state index is 0.0746. The van der Waals surface area contributed by atoms with Crippen LogP contribution < -0.4 is 16.0 Å². The van der Waals surface area contributed by atoms with E-state index < -0.39 is 28.4 Å². The molecule has 3 aliphatic rings. The van der Waals surface area contributed by atoms with Crippen molar-refractivity contribution in [3.8, 4) is 0 Å². The molecule has 9 nitrogen and oxygen atoms in total. The monoisotopic (exact) mass is 416 g/mol. The van der Waals surface area contributed by atoms with Crippen LogP contribution in [0, 0.1) is 5.21 Å².